The summed E-state index contributed by atoms with van der Waals surface area (Å²) in [6.07, 6.45) is 1.64. The van der Waals surface area contributed by atoms with Crippen molar-refractivity contribution in [1.82, 2.24) is 19.6 Å². The van der Waals surface area contributed by atoms with E-state index in [1.54, 1.807) is 38.6 Å². The van der Waals surface area contributed by atoms with Crippen molar-refractivity contribution in [2.75, 3.05) is 6.61 Å². The van der Waals surface area contributed by atoms with Crippen molar-refractivity contribution in [3.05, 3.63) is 51.6 Å². The van der Waals surface area contributed by atoms with Gasteiger partial charge in [0.05, 0.1) is 24.2 Å². The van der Waals surface area contributed by atoms with Crippen LogP contribution in [0.15, 0.2) is 29.2 Å². The highest BCUT2D eigenvalue weighted by atomic mass is 16.5. The van der Waals surface area contributed by atoms with E-state index in [1.807, 2.05) is 32.0 Å². The summed E-state index contributed by atoms with van der Waals surface area (Å²) in [5.74, 6) is -0.504. The Morgan fingerprint density at radius 2 is 1.93 bits per heavy atom. The van der Waals surface area contributed by atoms with Crippen LogP contribution in [0.5, 0.6) is 0 Å². The number of aromatic nitrogens is 4. The van der Waals surface area contributed by atoms with Gasteiger partial charge in [0.25, 0.3) is 5.56 Å². The van der Waals surface area contributed by atoms with Gasteiger partial charge in [-0.25, -0.2) is 14.2 Å². The monoisotopic (exact) mass is 368 g/mol. The van der Waals surface area contributed by atoms with Crippen LogP contribution < -0.4 is 5.56 Å². The Kier molecular flexibility index (Phi) is 4.63. The summed E-state index contributed by atoms with van der Waals surface area (Å²) in [4.78, 5) is 25.7. The number of aryl methyl sites for hydroxylation is 3. The van der Waals surface area contributed by atoms with E-state index in [0.717, 1.165) is 16.8 Å². The van der Waals surface area contributed by atoms with Crippen molar-refractivity contribution in [3.63, 3.8) is 0 Å². The van der Waals surface area contributed by atoms with Crippen molar-refractivity contribution in [1.29, 1.82) is 0 Å². The molecule has 0 saturated carbocycles. The summed E-state index contributed by atoms with van der Waals surface area (Å²) in [5, 5.41) is 9.46. The number of esters is 1. The van der Waals surface area contributed by atoms with E-state index in [2.05, 4.69) is 10.2 Å². The lowest BCUT2D eigenvalue weighted by molar-refractivity contribution is -0.152. The fraction of sp³-hybridized carbons (Fsp3) is 0.400. The second-order valence-electron chi connectivity index (χ2n) is 7.19. The molecule has 3 aromatic rings. The van der Waals surface area contributed by atoms with Crippen LogP contribution in [0.3, 0.4) is 0 Å². The number of ether oxygens (including phenoxy) is 1. The Morgan fingerprint density at radius 3 is 2.56 bits per heavy atom. The zero-order valence-corrected chi connectivity index (χ0v) is 16.5. The first kappa shape index (κ1) is 18.8. The topological polar surface area (TPSA) is 79.0 Å². The summed E-state index contributed by atoms with van der Waals surface area (Å²) in [6.45, 7) is 11.0. The van der Waals surface area contributed by atoms with E-state index in [-0.39, 0.29) is 12.2 Å². The normalized spacial score (nSPS) is 11.8. The first-order valence-electron chi connectivity index (χ1n) is 8.91. The zero-order chi connectivity index (χ0) is 19.9. The third-order valence-corrected chi connectivity index (χ3v) is 4.69. The molecule has 27 heavy (non-hydrogen) atoms. The molecule has 3 rings (SSSR count). The second-order valence-corrected chi connectivity index (χ2v) is 7.19. The third-order valence-electron chi connectivity index (χ3n) is 4.69. The quantitative estimate of drug-likeness (QED) is 0.662. The Bertz CT molecular complexity index is 1090. The summed E-state index contributed by atoms with van der Waals surface area (Å²) in [5.41, 5.74) is 2.36. The molecule has 0 N–H and O–H groups in total. The van der Waals surface area contributed by atoms with E-state index in [0.29, 0.717) is 16.6 Å². The van der Waals surface area contributed by atoms with Gasteiger partial charge >= 0.3 is 5.97 Å². The third kappa shape index (κ3) is 3.03. The van der Waals surface area contributed by atoms with Gasteiger partial charge < -0.3 is 4.74 Å². The van der Waals surface area contributed by atoms with E-state index < -0.39 is 11.5 Å². The molecule has 0 spiro atoms. The molecule has 0 amide bonds. The van der Waals surface area contributed by atoms with Gasteiger partial charge in [-0.1, -0.05) is 17.7 Å². The number of benzene rings is 1. The van der Waals surface area contributed by atoms with Gasteiger partial charge in [-0.2, -0.15) is 10.2 Å². The molecule has 0 aliphatic heterocycles. The minimum atomic E-state index is -1.23. The standard InChI is InChI=1S/C20H24N4O3/c1-7-27-19(26)20(5,6)24-18(25)17-15(14(4)22-24)11-21-23(17)16-9-8-12(2)10-13(16)3/h8-11H,7H2,1-6H3. The van der Waals surface area contributed by atoms with Crippen LogP contribution in [0.2, 0.25) is 0 Å². The molecule has 2 aromatic heterocycles. The first-order valence-corrected chi connectivity index (χ1v) is 8.91. The number of rotatable bonds is 4. The van der Waals surface area contributed by atoms with Crippen molar-refractivity contribution < 1.29 is 9.53 Å². The lowest BCUT2D eigenvalue weighted by Crippen LogP contribution is -2.45. The molecule has 142 valence electrons. The highest BCUT2D eigenvalue weighted by Crippen LogP contribution is 2.22. The smallest absolute Gasteiger partial charge is 0.333 e. The van der Waals surface area contributed by atoms with Crippen molar-refractivity contribution >= 4 is 16.9 Å². The maximum atomic E-state index is 13.3. The fourth-order valence-corrected chi connectivity index (χ4v) is 3.17. The summed E-state index contributed by atoms with van der Waals surface area (Å²) >= 11 is 0. The predicted octanol–water partition coefficient (Wildman–Crippen LogP) is 2.81. The van der Waals surface area contributed by atoms with Crippen LogP contribution in [-0.4, -0.2) is 32.1 Å². The van der Waals surface area contributed by atoms with Crippen LogP contribution >= 0.6 is 0 Å². The molecule has 1 aromatic carbocycles. The van der Waals surface area contributed by atoms with Crippen molar-refractivity contribution in [3.8, 4) is 5.69 Å². The largest absolute Gasteiger partial charge is 0.464 e. The number of fused-ring (bicyclic) bond motifs is 1. The highest BCUT2D eigenvalue weighted by Gasteiger charge is 2.35. The summed E-state index contributed by atoms with van der Waals surface area (Å²) < 4.78 is 7.96. The van der Waals surface area contributed by atoms with Gasteiger partial charge in [0.15, 0.2) is 5.54 Å². The van der Waals surface area contributed by atoms with Gasteiger partial charge in [-0.3, -0.25) is 4.79 Å². The Balaban J connectivity index is 2.31. The molecule has 2 heterocycles. The molecule has 7 heteroatoms. The number of nitrogens with zero attached hydrogens (tertiary/aromatic N) is 4. The lowest BCUT2D eigenvalue weighted by atomic mass is 10.1. The molecule has 0 saturated heterocycles. The molecule has 0 aliphatic carbocycles. The number of hydrogen-bond acceptors (Lipinski definition) is 5. The first-order chi connectivity index (χ1) is 12.7. The predicted molar refractivity (Wildman–Crippen MR) is 103 cm³/mol. The molecule has 0 fully saturated rings. The van der Waals surface area contributed by atoms with Crippen LogP contribution in [0.1, 0.15) is 37.6 Å². The Morgan fingerprint density at radius 1 is 1.22 bits per heavy atom. The maximum absolute atomic E-state index is 13.3. The van der Waals surface area contributed by atoms with Crippen LogP contribution in [0.25, 0.3) is 16.6 Å². The molecule has 0 bridgehead atoms. The van der Waals surface area contributed by atoms with Gasteiger partial charge in [-0.05, 0) is 53.2 Å². The number of hydrogen-bond donors (Lipinski definition) is 0. The van der Waals surface area contributed by atoms with Crippen molar-refractivity contribution in [2.24, 2.45) is 0 Å². The minimum Gasteiger partial charge on any atom is -0.464 e. The summed E-state index contributed by atoms with van der Waals surface area (Å²) in [7, 11) is 0. The Hall–Kier alpha value is -2.96. The van der Waals surface area contributed by atoms with Crippen LogP contribution in [-0.2, 0) is 15.1 Å². The van der Waals surface area contributed by atoms with Crippen LogP contribution in [0, 0.1) is 20.8 Å². The number of carbonyl (C=O) groups is 1. The average molecular weight is 368 g/mol. The molecule has 7 nitrogen and oxygen atoms in total. The minimum absolute atomic E-state index is 0.235. The van der Waals surface area contributed by atoms with Crippen LogP contribution in [0.4, 0.5) is 0 Å². The molecular formula is C20H24N4O3. The second kappa shape index (κ2) is 6.64. The molecular weight excluding hydrogens is 344 g/mol. The highest BCUT2D eigenvalue weighted by molar-refractivity contribution is 5.83. The lowest BCUT2D eigenvalue weighted by Gasteiger charge is -2.24. The van der Waals surface area contributed by atoms with E-state index >= 15 is 0 Å². The summed E-state index contributed by atoms with van der Waals surface area (Å²) in [6, 6.07) is 5.95. The van der Waals surface area contributed by atoms with Gasteiger partial charge in [0.2, 0.25) is 0 Å². The van der Waals surface area contributed by atoms with Gasteiger partial charge in [-0.15, -0.1) is 0 Å². The van der Waals surface area contributed by atoms with E-state index in [4.69, 9.17) is 4.74 Å². The molecule has 0 unspecified atom stereocenters. The maximum Gasteiger partial charge on any atom is 0.333 e. The Labute approximate surface area is 157 Å². The SMILES string of the molecule is CCOC(=O)C(C)(C)n1nc(C)c2cnn(-c3ccc(C)cc3C)c2c1=O. The average Bonchev–Trinajstić information content (AvgIpc) is 3.04. The molecule has 0 atom stereocenters. The zero-order valence-electron chi connectivity index (χ0n) is 16.5. The molecule has 0 aliphatic rings. The molecule has 0 radical (unpaired) electrons. The van der Waals surface area contributed by atoms with Gasteiger partial charge in [0, 0.05) is 5.39 Å². The van der Waals surface area contributed by atoms with Gasteiger partial charge in [0.1, 0.15) is 5.52 Å². The van der Waals surface area contributed by atoms with E-state index in [9.17, 15) is 9.59 Å². The van der Waals surface area contributed by atoms with Crippen molar-refractivity contribution in [2.45, 2.75) is 47.1 Å². The fourth-order valence-electron chi connectivity index (χ4n) is 3.17. The number of carbonyl (C=O) groups excluding carboxylic acids is 1. The van der Waals surface area contributed by atoms with E-state index in [1.165, 1.54) is 4.68 Å².